The lowest BCUT2D eigenvalue weighted by Crippen LogP contribution is -1.94. The monoisotopic (exact) mass is 458 g/mol. The average molecular weight is 459 g/mol. The number of benzene rings is 1. The molecule has 0 aliphatic carbocycles. The second-order valence-corrected chi connectivity index (χ2v) is 8.79. The van der Waals surface area contributed by atoms with E-state index in [1.807, 2.05) is 12.1 Å². The molecule has 0 aliphatic rings. The molecule has 0 N–H and O–H groups in total. The number of aryl methyl sites for hydroxylation is 2. The summed E-state index contributed by atoms with van der Waals surface area (Å²) < 4.78 is 13.3. The van der Waals surface area contributed by atoms with E-state index in [4.69, 9.17) is 37.3 Å². The molecule has 0 radical (unpaired) electrons. The molecule has 0 amide bonds. The number of nitrogens with zero attached hydrogens (tertiary/aromatic N) is 4. The summed E-state index contributed by atoms with van der Waals surface area (Å²) in [6, 6.07) is 8.76. The van der Waals surface area contributed by atoms with Gasteiger partial charge < -0.3 is 9.15 Å². The van der Waals surface area contributed by atoms with Crippen LogP contribution in [0.25, 0.3) is 27.4 Å². The zero-order valence-corrected chi connectivity index (χ0v) is 18.5. The Hall–Kier alpha value is -2.61. The summed E-state index contributed by atoms with van der Waals surface area (Å²) in [7, 11) is 0. The smallest absolute Gasteiger partial charge is 0.217 e. The summed E-state index contributed by atoms with van der Waals surface area (Å²) >= 11 is 13.7. The molecular weight excluding hydrogens is 443 g/mol. The molecule has 1 aromatic carbocycles. The molecule has 30 heavy (non-hydrogen) atoms. The van der Waals surface area contributed by atoms with Crippen molar-refractivity contribution in [2.75, 3.05) is 0 Å². The molecule has 5 rings (SSSR count). The highest BCUT2D eigenvalue weighted by atomic mass is 35.5. The van der Waals surface area contributed by atoms with Crippen LogP contribution in [-0.2, 0) is 13.0 Å². The Balaban J connectivity index is 1.45. The molecule has 0 unspecified atom stereocenters. The first-order chi connectivity index (χ1) is 14.5. The minimum atomic E-state index is 0.226. The molecule has 5 aromatic rings. The SMILES string of the molecule is CCc1c(C)sc2ncn3nc(-c4ccc(COc5ccc(Cl)cc5Cl)o4)nc3c12. The van der Waals surface area contributed by atoms with E-state index in [0.29, 0.717) is 33.1 Å². The molecular formula is C21H16Cl2N4O2S. The van der Waals surface area contributed by atoms with Crippen LogP contribution < -0.4 is 4.74 Å². The van der Waals surface area contributed by atoms with Gasteiger partial charge in [0.1, 0.15) is 29.3 Å². The first kappa shape index (κ1) is 19.4. The fourth-order valence-electron chi connectivity index (χ4n) is 3.41. The third-order valence-corrected chi connectivity index (χ3v) is 6.42. The van der Waals surface area contributed by atoms with Crippen LogP contribution in [0.15, 0.2) is 41.1 Å². The van der Waals surface area contributed by atoms with Crippen molar-refractivity contribution in [1.29, 1.82) is 0 Å². The lowest BCUT2D eigenvalue weighted by Gasteiger charge is -2.06. The van der Waals surface area contributed by atoms with Gasteiger partial charge in [0.2, 0.25) is 5.82 Å². The first-order valence-electron chi connectivity index (χ1n) is 9.33. The Morgan fingerprint density at radius 3 is 2.87 bits per heavy atom. The Morgan fingerprint density at radius 2 is 2.07 bits per heavy atom. The number of aromatic nitrogens is 4. The fourth-order valence-corrected chi connectivity index (χ4v) is 4.95. The summed E-state index contributed by atoms with van der Waals surface area (Å²) in [5.41, 5.74) is 2.05. The third kappa shape index (κ3) is 3.33. The Bertz CT molecular complexity index is 1390. The van der Waals surface area contributed by atoms with Crippen LogP contribution >= 0.6 is 34.5 Å². The van der Waals surface area contributed by atoms with Gasteiger partial charge in [0.25, 0.3) is 0 Å². The molecule has 4 heterocycles. The Labute approximate surface area is 186 Å². The van der Waals surface area contributed by atoms with Gasteiger partial charge in [-0.2, -0.15) is 0 Å². The minimum absolute atomic E-state index is 0.226. The number of ether oxygens (including phenoxy) is 1. The van der Waals surface area contributed by atoms with E-state index >= 15 is 0 Å². The fraction of sp³-hybridized carbons (Fsp3) is 0.190. The van der Waals surface area contributed by atoms with Crippen LogP contribution in [0.4, 0.5) is 0 Å². The molecule has 0 atom stereocenters. The molecule has 0 bridgehead atoms. The Kier molecular flexibility index (Phi) is 4.89. The van der Waals surface area contributed by atoms with E-state index in [1.165, 1.54) is 10.4 Å². The van der Waals surface area contributed by atoms with Crippen LogP contribution in [0.2, 0.25) is 10.0 Å². The summed E-state index contributed by atoms with van der Waals surface area (Å²) in [4.78, 5) is 11.5. The second kappa shape index (κ2) is 7.58. The number of hydrogen-bond donors (Lipinski definition) is 0. The van der Waals surface area contributed by atoms with Crippen molar-refractivity contribution in [3.05, 3.63) is 62.9 Å². The van der Waals surface area contributed by atoms with E-state index in [0.717, 1.165) is 22.3 Å². The summed E-state index contributed by atoms with van der Waals surface area (Å²) in [5, 5.41) is 6.62. The summed E-state index contributed by atoms with van der Waals surface area (Å²) in [6.07, 6.45) is 2.61. The first-order valence-corrected chi connectivity index (χ1v) is 10.9. The third-order valence-electron chi connectivity index (χ3n) is 4.83. The second-order valence-electron chi connectivity index (χ2n) is 6.75. The molecule has 0 saturated heterocycles. The standard InChI is InChI=1S/C21H16Cl2N4O2S/c1-3-14-11(2)30-21-18(14)20-25-19(26-27(20)10-24-21)17-7-5-13(29-17)9-28-16-6-4-12(22)8-15(16)23/h4-8,10H,3,9H2,1-2H3. The topological polar surface area (TPSA) is 65.5 Å². The predicted molar refractivity (Wildman–Crippen MR) is 119 cm³/mol. The van der Waals surface area contributed by atoms with Crippen molar-refractivity contribution in [2.24, 2.45) is 0 Å². The van der Waals surface area contributed by atoms with Gasteiger partial charge in [-0.3, -0.25) is 0 Å². The van der Waals surface area contributed by atoms with Crippen molar-refractivity contribution in [1.82, 2.24) is 19.6 Å². The number of rotatable bonds is 5. The molecule has 0 aliphatic heterocycles. The van der Waals surface area contributed by atoms with Crippen molar-refractivity contribution < 1.29 is 9.15 Å². The molecule has 152 valence electrons. The zero-order valence-electron chi connectivity index (χ0n) is 16.1. The molecule has 0 spiro atoms. The highest BCUT2D eigenvalue weighted by Crippen LogP contribution is 2.33. The molecule has 6 nitrogen and oxygen atoms in total. The van der Waals surface area contributed by atoms with Gasteiger partial charge in [0.05, 0.1) is 10.4 Å². The Morgan fingerprint density at radius 1 is 1.20 bits per heavy atom. The lowest BCUT2D eigenvalue weighted by molar-refractivity contribution is 0.272. The van der Waals surface area contributed by atoms with E-state index in [1.54, 1.807) is 40.4 Å². The van der Waals surface area contributed by atoms with Gasteiger partial charge in [-0.15, -0.1) is 16.4 Å². The van der Waals surface area contributed by atoms with Crippen molar-refractivity contribution in [2.45, 2.75) is 26.9 Å². The van der Waals surface area contributed by atoms with Crippen molar-refractivity contribution in [3.8, 4) is 17.3 Å². The molecule has 0 saturated carbocycles. The van der Waals surface area contributed by atoms with Gasteiger partial charge >= 0.3 is 0 Å². The predicted octanol–water partition coefficient (Wildman–Crippen LogP) is 6.36. The largest absolute Gasteiger partial charge is 0.484 e. The molecule has 4 aromatic heterocycles. The van der Waals surface area contributed by atoms with Gasteiger partial charge in [0, 0.05) is 9.90 Å². The maximum absolute atomic E-state index is 6.15. The van der Waals surface area contributed by atoms with Crippen LogP contribution in [0.5, 0.6) is 5.75 Å². The van der Waals surface area contributed by atoms with E-state index in [2.05, 4.69) is 23.9 Å². The van der Waals surface area contributed by atoms with Crippen molar-refractivity contribution >= 4 is 50.4 Å². The quantitative estimate of drug-likeness (QED) is 0.306. The number of fused-ring (bicyclic) bond motifs is 3. The highest BCUT2D eigenvalue weighted by Gasteiger charge is 2.18. The lowest BCUT2D eigenvalue weighted by atomic mass is 10.1. The average Bonchev–Trinajstić information content (AvgIpc) is 3.42. The van der Waals surface area contributed by atoms with Gasteiger partial charge in [-0.05, 0) is 49.2 Å². The number of thiophene rings is 1. The summed E-state index contributed by atoms with van der Waals surface area (Å²) in [5.74, 6) is 2.25. The van der Waals surface area contributed by atoms with Crippen LogP contribution in [0.3, 0.4) is 0 Å². The normalized spacial score (nSPS) is 11.6. The number of halogens is 2. The van der Waals surface area contributed by atoms with Crippen molar-refractivity contribution in [3.63, 3.8) is 0 Å². The van der Waals surface area contributed by atoms with Gasteiger partial charge in [-0.25, -0.2) is 14.5 Å². The van der Waals surface area contributed by atoms with Gasteiger partial charge in [-0.1, -0.05) is 30.1 Å². The van der Waals surface area contributed by atoms with E-state index in [-0.39, 0.29) is 6.61 Å². The number of hydrogen-bond acceptors (Lipinski definition) is 6. The summed E-state index contributed by atoms with van der Waals surface area (Å²) in [6.45, 7) is 4.48. The van der Waals surface area contributed by atoms with Gasteiger partial charge in [0.15, 0.2) is 11.4 Å². The molecule has 9 heteroatoms. The minimum Gasteiger partial charge on any atom is -0.484 e. The molecule has 0 fully saturated rings. The van der Waals surface area contributed by atoms with Crippen LogP contribution in [0.1, 0.15) is 23.1 Å². The zero-order chi connectivity index (χ0) is 20.8. The highest BCUT2D eigenvalue weighted by molar-refractivity contribution is 7.18. The van der Waals surface area contributed by atoms with E-state index in [9.17, 15) is 0 Å². The maximum atomic E-state index is 6.15. The van der Waals surface area contributed by atoms with Crippen LogP contribution in [-0.4, -0.2) is 19.6 Å². The maximum Gasteiger partial charge on any atom is 0.217 e. The van der Waals surface area contributed by atoms with E-state index < -0.39 is 0 Å². The van der Waals surface area contributed by atoms with Crippen LogP contribution in [0, 0.1) is 6.92 Å². The number of furan rings is 1.